The summed E-state index contributed by atoms with van der Waals surface area (Å²) in [7, 11) is 1.65. The Balaban J connectivity index is 1.39. The van der Waals surface area contributed by atoms with Crippen LogP contribution in [0.15, 0.2) is 53.4 Å². The second kappa shape index (κ2) is 10.2. The number of nitrogens with one attached hydrogen (secondary N) is 2. The van der Waals surface area contributed by atoms with Gasteiger partial charge in [0.2, 0.25) is 11.8 Å². The first-order valence-electron chi connectivity index (χ1n) is 10.4. The van der Waals surface area contributed by atoms with Gasteiger partial charge in [-0.15, -0.1) is 11.8 Å². The molecule has 0 unspecified atom stereocenters. The fourth-order valence-electron chi connectivity index (χ4n) is 3.85. The van der Waals surface area contributed by atoms with Gasteiger partial charge in [-0.1, -0.05) is 24.3 Å². The van der Waals surface area contributed by atoms with Crippen molar-refractivity contribution in [1.82, 2.24) is 10.2 Å². The molecule has 2 amide bonds. The molecule has 164 valence electrons. The third-order valence-electron chi connectivity index (χ3n) is 5.56. The lowest BCUT2D eigenvalue weighted by Crippen LogP contribution is -2.44. The number of thioether (sulfide) groups is 1. The van der Waals surface area contributed by atoms with Crippen LogP contribution in [0.4, 0.5) is 5.69 Å². The van der Waals surface area contributed by atoms with Gasteiger partial charge in [-0.3, -0.25) is 14.5 Å². The van der Waals surface area contributed by atoms with E-state index in [1.54, 1.807) is 7.11 Å². The fraction of sp³-hybridized carbons (Fsp3) is 0.391. The highest BCUT2D eigenvalue weighted by Crippen LogP contribution is 2.36. The number of fused-ring (bicyclic) bond motifs is 1. The van der Waals surface area contributed by atoms with Crippen molar-refractivity contribution >= 4 is 29.3 Å². The van der Waals surface area contributed by atoms with Crippen molar-refractivity contribution in [2.24, 2.45) is 0 Å². The molecule has 0 saturated carbocycles. The van der Waals surface area contributed by atoms with Crippen molar-refractivity contribution in [2.45, 2.75) is 22.6 Å². The lowest BCUT2D eigenvalue weighted by Gasteiger charge is -2.35. The average Bonchev–Trinajstić information content (AvgIpc) is 2.81. The van der Waals surface area contributed by atoms with E-state index in [9.17, 15) is 9.59 Å². The van der Waals surface area contributed by atoms with Crippen LogP contribution in [0.1, 0.15) is 18.0 Å². The van der Waals surface area contributed by atoms with Crippen molar-refractivity contribution in [3.05, 3.63) is 54.1 Å². The van der Waals surface area contributed by atoms with Gasteiger partial charge >= 0.3 is 0 Å². The maximum Gasteiger partial charge on any atom is 0.238 e. The first-order chi connectivity index (χ1) is 15.1. The minimum atomic E-state index is -0.433. The molecule has 2 aliphatic heterocycles. The molecule has 31 heavy (non-hydrogen) atoms. The van der Waals surface area contributed by atoms with E-state index >= 15 is 0 Å². The Hall–Kier alpha value is -2.55. The van der Waals surface area contributed by atoms with Crippen molar-refractivity contribution in [3.8, 4) is 5.75 Å². The van der Waals surface area contributed by atoms with E-state index in [4.69, 9.17) is 9.47 Å². The fourth-order valence-corrected chi connectivity index (χ4v) is 4.96. The number of anilines is 1. The van der Waals surface area contributed by atoms with Crippen LogP contribution in [-0.2, 0) is 14.3 Å². The molecule has 7 nitrogen and oxygen atoms in total. The molecule has 1 fully saturated rings. The van der Waals surface area contributed by atoms with E-state index in [-0.39, 0.29) is 24.3 Å². The van der Waals surface area contributed by atoms with E-state index in [0.29, 0.717) is 19.8 Å². The third-order valence-corrected chi connectivity index (χ3v) is 6.83. The minimum absolute atomic E-state index is 0.0346. The summed E-state index contributed by atoms with van der Waals surface area (Å²) in [6, 6.07) is 15.6. The molecule has 0 bridgehead atoms. The molecule has 0 radical (unpaired) electrons. The Morgan fingerprint density at radius 1 is 1.23 bits per heavy atom. The molecular formula is C23H27N3O4S. The number of carbonyl (C=O) groups excluding carboxylic acids is 2. The Bertz CT molecular complexity index is 915. The Morgan fingerprint density at radius 2 is 1.97 bits per heavy atom. The molecule has 2 aromatic carbocycles. The number of hydrogen-bond donors (Lipinski definition) is 2. The largest absolute Gasteiger partial charge is 0.497 e. The van der Waals surface area contributed by atoms with Crippen LogP contribution in [0.3, 0.4) is 0 Å². The van der Waals surface area contributed by atoms with E-state index in [1.165, 1.54) is 11.8 Å². The van der Waals surface area contributed by atoms with Gasteiger partial charge in [-0.25, -0.2) is 0 Å². The number of carbonyl (C=O) groups is 2. The second-order valence-corrected chi connectivity index (χ2v) is 8.78. The quantitative estimate of drug-likeness (QED) is 0.688. The normalized spacial score (nSPS) is 19.8. The summed E-state index contributed by atoms with van der Waals surface area (Å²) in [5.41, 5.74) is 1.92. The summed E-state index contributed by atoms with van der Waals surface area (Å²) in [4.78, 5) is 28.4. The number of rotatable bonds is 7. The van der Waals surface area contributed by atoms with Crippen LogP contribution in [-0.4, -0.2) is 61.9 Å². The maximum absolute atomic E-state index is 12.7. The number of nitrogens with zero attached hydrogens (tertiary/aromatic N) is 1. The standard InChI is InChI=1S/C23H27N3O4S/c1-29-17-8-6-16(7-9-17)19(26-10-12-30-13-11-26)15-24-22(27)14-21-23(28)25-18-4-2-3-5-20(18)31-21/h2-9,19,21H,10-15H2,1H3,(H,24,27)(H,25,28)/t19-,21-/m1/s1. The summed E-state index contributed by atoms with van der Waals surface area (Å²) in [5, 5.41) is 5.52. The SMILES string of the molecule is COc1ccc([C@@H](CNC(=O)C[C@H]2Sc3ccccc3NC2=O)N2CCOCC2)cc1. The zero-order chi connectivity index (χ0) is 21.6. The molecule has 0 aromatic heterocycles. The number of hydrogen-bond acceptors (Lipinski definition) is 6. The van der Waals surface area contributed by atoms with Crippen molar-refractivity contribution in [1.29, 1.82) is 0 Å². The van der Waals surface area contributed by atoms with Gasteiger partial charge < -0.3 is 20.1 Å². The third kappa shape index (κ3) is 5.39. The summed E-state index contributed by atoms with van der Waals surface area (Å²) >= 11 is 1.44. The Labute approximate surface area is 186 Å². The van der Waals surface area contributed by atoms with Crippen molar-refractivity contribution < 1.29 is 19.1 Å². The van der Waals surface area contributed by atoms with Gasteiger partial charge in [-0.2, -0.15) is 0 Å². The zero-order valence-corrected chi connectivity index (χ0v) is 18.3. The summed E-state index contributed by atoms with van der Waals surface area (Å²) < 4.78 is 10.8. The van der Waals surface area contributed by atoms with E-state index in [0.717, 1.165) is 35.0 Å². The van der Waals surface area contributed by atoms with Crippen LogP contribution in [0.2, 0.25) is 0 Å². The molecule has 2 aliphatic rings. The number of morpholine rings is 1. The zero-order valence-electron chi connectivity index (χ0n) is 17.5. The molecule has 8 heteroatoms. The molecule has 2 atom stereocenters. The smallest absolute Gasteiger partial charge is 0.238 e. The van der Waals surface area contributed by atoms with Gasteiger partial charge in [0.15, 0.2) is 0 Å². The molecule has 4 rings (SSSR count). The monoisotopic (exact) mass is 441 g/mol. The van der Waals surface area contributed by atoms with Crippen LogP contribution in [0, 0.1) is 0 Å². The Kier molecular flexibility index (Phi) is 7.11. The predicted molar refractivity (Wildman–Crippen MR) is 120 cm³/mol. The second-order valence-electron chi connectivity index (χ2n) is 7.54. The summed E-state index contributed by atoms with van der Waals surface area (Å²) in [5.74, 6) is 0.548. The van der Waals surface area contributed by atoms with Gasteiger partial charge in [0.05, 0.1) is 37.3 Å². The molecule has 0 aliphatic carbocycles. The van der Waals surface area contributed by atoms with Gasteiger partial charge in [0, 0.05) is 31.0 Å². The predicted octanol–water partition coefficient (Wildman–Crippen LogP) is 2.69. The van der Waals surface area contributed by atoms with Gasteiger partial charge in [0.1, 0.15) is 5.75 Å². The van der Waals surface area contributed by atoms with Crippen LogP contribution < -0.4 is 15.4 Å². The Morgan fingerprint density at radius 3 is 2.71 bits per heavy atom. The molecule has 2 aromatic rings. The summed E-state index contributed by atoms with van der Waals surface area (Å²) in [6.07, 6.45) is 0.142. The minimum Gasteiger partial charge on any atom is -0.497 e. The lowest BCUT2D eigenvalue weighted by molar-refractivity contribution is -0.124. The van der Waals surface area contributed by atoms with E-state index in [1.807, 2.05) is 48.5 Å². The molecular weight excluding hydrogens is 414 g/mol. The number of ether oxygens (including phenoxy) is 2. The lowest BCUT2D eigenvalue weighted by atomic mass is 10.0. The van der Waals surface area contributed by atoms with E-state index < -0.39 is 5.25 Å². The van der Waals surface area contributed by atoms with Crippen LogP contribution in [0.25, 0.3) is 0 Å². The van der Waals surface area contributed by atoms with Crippen molar-refractivity contribution in [3.63, 3.8) is 0 Å². The van der Waals surface area contributed by atoms with Crippen LogP contribution in [0.5, 0.6) is 5.75 Å². The van der Waals surface area contributed by atoms with Gasteiger partial charge in [-0.05, 0) is 29.8 Å². The number of methoxy groups -OCH3 is 1. The maximum atomic E-state index is 12.7. The summed E-state index contributed by atoms with van der Waals surface area (Å²) in [6.45, 7) is 3.45. The molecule has 1 saturated heterocycles. The highest BCUT2D eigenvalue weighted by Gasteiger charge is 2.29. The number of para-hydroxylation sites is 1. The van der Waals surface area contributed by atoms with E-state index in [2.05, 4.69) is 15.5 Å². The number of benzene rings is 2. The first-order valence-corrected chi connectivity index (χ1v) is 11.3. The topological polar surface area (TPSA) is 79.9 Å². The highest BCUT2D eigenvalue weighted by molar-refractivity contribution is 8.01. The average molecular weight is 442 g/mol. The molecule has 0 spiro atoms. The molecule has 2 heterocycles. The van der Waals surface area contributed by atoms with Gasteiger partial charge in [0.25, 0.3) is 0 Å². The molecule has 2 N–H and O–H groups in total. The number of amides is 2. The van der Waals surface area contributed by atoms with Crippen molar-refractivity contribution in [2.75, 3.05) is 45.3 Å². The van der Waals surface area contributed by atoms with Crippen LogP contribution >= 0.6 is 11.8 Å². The first kappa shape index (κ1) is 21.7. The highest BCUT2D eigenvalue weighted by atomic mass is 32.2.